The van der Waals surface area contributed by atoms with Gasteiger partial charge >= 0.3 is 0 Å². The molecule has 2 saturated heterocycles. The van der Waals surface area contributed by atoms with Crippen molar-refractivity contribution < 1.29 is 9.47 Å². The minimum absolute atomic E-state index is 0.0345. The molecular weight excluding hydrogens is 302 g/mol. The van der Waals surface area contributed by atoms with Gasteiger partial charge in [0.15, 0.2) is 0 Å². The number of ether oxygens (including phenoxy) is 2. The molecule has 5 heteroatoms. The molecule has 3 nitrogen and oxygen atoms in total. The third kappa shape index (κ3) is 2.79. The van der Waals surface area contributed by atoms with Crippen LogP contribution in [0.2, 0.25) is 0 Å². The second-order valence-corrected chi connectivity index (χ2v) is 8.79. The lowest BCUT2D eigenvalue weighted by atomic mass is 9.81. The van der Waals surface area contributed by atoms with E-state index >= 15 is 0 Å². The molecule has 4 rings (SSSR count). The highest BCUT2D eigenvalue weighted by molar-refractivity contribution is 7.98. The Balaban J connectivity index is 1.51. The Morgan fingerprint density at radius 3 is 3.14 bits per heavy atom. The molecular formula is C16H23NO2S2. The topological polar surface area (TPSA) is 44.5 Å². The normalized spacial score (nSPS) is 34.0. The van der Waals surface area contributed by atoms with Gasteiger partial charge in [0, 0.05) is 41.2 Å². The van der Waals surface area contributed by atoms with Crippen molar-refractivity contribution in [1.29, 1.82) is 0 Å². The van der Waals surface area contributed by atoms with Crippen LogP contribution in [0.15, 0.2) is 6.07 Å². The number of nitrogens with two attached hydrogens (primary N) is 1. The van der Waals surface area contributed by atoms with Crippen LogP contribution in [-0.2, 0) is 21.6 Å². The molecule has 3 atom stereocenters. The van der Waals surface area contributed by atoms with Gasteiger partial charge in [-0.15, -0.1) is 11.3 Å². The van der Waals surface area contributed by atoms with Crippen LogP contribution in [0.1, 0.15) is 40.6 Å². The van der Waals surface area contributed by atoms with Crippen molar-refractivity contribution in [2.45, 2.75) is 43.1 Å². The van der Waals surface area contributed by atoms with Crippen LogP contribution < -0.4 is 5.73 Å². The van der Waals surface area contributed by atoms with Gasteiger partial charge in [-0.1, -0.05) is 0 Å². The van der Waals surface area contributed by atoms with Gasteiger partial charge in [-0.05, 0) is 42.6 Å². The largest absolute Gasteiger partial charge is 0.378 e. The van der Waals surface area contributed by atoms with Crippen molar-refractivity contribution in [3.05, 3.63) is 21.4 Å². The lowest BCUT2D eigenvalue weighted by molar-refractivity contribution is -0.101. The quantitative estimate of drug-likeness (QED) is 0.907. The maximum atomic E-state index is 6.64. The zero-order chi connectivity index (χ0) is 14.3. The summed E-state index contributed by atoms with van der Waals surface area (Å²) < 4.78 is 11.6. The molecule has 0 aliphatic carbocycles. The third-order valence-electron chi connectivity index (χ3n) is 5.08. The fourth-order valence-electron chi connectivity index (χ4n) is 3.80. The lowest BCUT2D eigenvalue weighted by Gasteiger charge is -2.39. The number of thiophene rings is 1. The third-order valence-corrected chi connectivity index (χ3v) is 7.43. The average molecular weight is 325 g/mol. The van der Waals surface area contributed by atoms with Gasteiger partial charge in [-0.25, -0.2) is 0 Å². The maximum Gasteiger partial charge on any atom is 0.0940 e. The molecule has 1 aromatic heterocycles. The summed E-state index contributed by atoms with van der Waals surface area (Å²) in [6, 6.07) is 2.55. The molecule has 3 aliphatic heterocycles. The summed E-state index contributed by atoms with van der Waals surface area (Å²) in [6.07, 6.45) is 4.41. The zero-order valence-electron chi connectivity index (χ0n) is 12.3. The smallest absolute Gasteiger partial charge is 0.0940 e. The Labute approximate surface area is 134 Å². The fourth-order valence-corrected chi connectivity index (χ4v) is 6.27. The Morgan fingerprint density at radius 2 is 2.33 bits per heavy atom. The minimum Gasteiger partial charge on any atom is -0.378 e. The summed E-state index contributed by atoms with van der Waals surface area (Å²) in [6.45, 7) is 2.43. The lowest BCUT2D eigenvalue weighted by Crippen LogP contribution is -2.43. The van der Waals surface area contributed by atoms with Gasteiger partial charge in [-0.2, -0.15) is 11.8 Å². The van der Waals surface area contributed by atoms with Crippen molar-refractivity contribution in [3.63, 3.8) is 0 Å². The van der Waals surface area contributed by atoms with E-state index in [1.54, 1.807) is 4.88 Å². The maximum absolute atomic E-state index is 6.64. The molecule has 2 N–H and O–H groups in total. The molecule has 0 aromatic carbocycles. The molecule has 2 fully saturated rings. The van der Waals surface area contributed by atoms with Gasteiger partial charge in [0.05, 0.1) is 12.2 Å². The Hall–Kier alpha value is -0.0700. The minimum atomic E-state index is -0.0345. The van der Waals surface area contributed by atoms with E-state index in [-0.39, 0.29) is 11.6 Å². The molecule has 0 saturated carbocycles. The summed E-state index contributed by atoms with van der Waals surface area (Å²) in [7, 11) is 0. The first kappa shape index (κ1) is 14.5. The van der Waals surface area contributed by atoms with Crippen molar-refractivity contribution >= 4 is 23.1 Å². The Morgan fingerprint density at radius 1 is 1.38 bits per heavy atom. The van der Waals surface area contributed by atoms with Gasteiger partial charge in [0.25, 0.3) is 0 Å². The summed E-state index contributed by atoms with van der Waals surface area (Å²) in [5.74, 6) is 2.97. The van der Waals surface area contributed by atoms with E-state index in [1.807, 2.05) is 23.1 Å². The van der Waals surface area contributed by atoms with Crippen molar-refractivity contribution in [2.24, 2.45) is 11.7 Å². The van der Waals surface area contributed by atoms with Crippen molar-refractivity contribution in [3.8, 4) is 0 Å². The van der Waals surface area contributed by atoms with Crippen LogP contribution in [0.25, 0.3) is 0 Å². The summed E-state index contributed by atoms with van der Waals surface area (Å²) >= 11 is 4.00. The van der Waals surface area contributed by atoms with E-state index in [0.29, 0.717) is 5.92 Å². The van der Waals surface area contributed by atoms with Crippen molar-refractivity contribution in [2.75, 3.05) is 25.6 Å². The molecule has 0 amide bonds. The second kappa shape index (κ2) is 5.85. The van der Waals surface area contributed by atoms with Gasteiger partial charge in [0.2, 0.25) is 0 Å². The summed E-state index contributed by atoms with van der Waals surface area (Å²) in [4.78, 5) is 2.97. The predicted molar refractivity (Wildman–Crippen MR) is 88.0 cm³/mol. The van der Waals surface area contributed by atoms with E-state index in [1.165, 1.54) is 28.4 Å². The highest BCUT2D eigenvalue weighted by atomic mass is 32.2. The average Bonchev–Trinajstić information content (AvgIpc) is 3.13. The molecule has 1 aromatic rings. The second-order valence-electron chi connectivity index (χ2n) is 6.51. The van der Waals surface area contributed by atoms with Crippen molar-refractivity contribution in [1.82, 2.24) is 0 Å². The van der Waals surface area contributed by atoms with Crippen LogP contribution in [0.5, 0.6) is 0 Å². The Kier molecular flexibility index (Phi) is 4.05. The van der Waals surface area contributed by atoms with Gasteiger partial charge in [-0.3, -0.25) is 0 Å². The number of aryl methyl sites for hydroxylation is 1. The number of hydrogen-bond acceptors (Lipinski definition) is 5. The molecule has 21 heavy (non-hydrogen) atoms. The monoisotopic (exact) mass is 325 g/mol. The predicted octanol–water partition coefficient (Wildman–Crippen LogP) is 3.12. The highest BCUT2D eigenvalue weighted by Gasteiger charge is 2.42. The van der Waals surface area contributed by atoms with E-state index in [4.69, 9.17) is 15.2 Å². The first-order valence-electron chi connectivity index (χ1n) is 7.92. The molecule has 116 valence electrons. The molecule has 3 aliphatic rings. The number of thioether (sulfide) groups is 1. The van der Waals surface area contributed by atoms with Gasteiger partial charge < -0.3 is 15.2 Å². The van der Waals surface area contributed by atoms with Crippen LogP contribution in [0.4, 0.5) is 0 Å². The molecule has 4 heterocycles. The molecule has 0 bridgehead atoms. The van der Waals surface area contributed by atoms with Crippen LogP contribution >= 0.6 is 23.1 Å². The highest BCUT2D eigenvalue weighted by Crippen LogP contribution is 2.43. The van der Waals surface area contributed by atoms with E-state index in [9.17, 15) is 0 Å². The number of rotatable bonds is 2. The van der Waals surface area contributed by atoms with Crippen LogP contribution in [-0.4, -0.2) is 31.2 Å². The van der Waals surface area contributed by atoms with E-state index in [2.05, 4.69) is 6.07 Å². The number of hydrogen-bond donors (Lipinski definition) is 1. The van der Waals surface area contributed by atoms with Gasteiger partial charge in [0.1, 0.15) is 0 Å². The molecule has 1 spiro atoms. The van der Waals surface area contributed by atoms with Crippen LogP contribution in [0.3, 0.4) is 0 Å². The standard InChI is InChI=1S/C16H23NO2S2/c17-15(14-7-12-9-20-6-2-13(12)21-14)11-1-4-19-16(8-11)3-5-18-10-16/h7,11,15H,1-6,8-10,17H2. The first-order chi connectivity index (χ1) is 10.3. The Bertz CT molecular complexity index is 487. The van der Waals surface area contributed by atoms with Crippen LogP contribution in [0, 0.1) is 5.92 Å². The van der Waals surface area contributed by atoms with E-state index in [0.717, 1.165) is 39.1 Å². The SMILES string of the molecule is NC(c1cc2c(s1)CCSC2)C1CCOC2(CCOC2)C1. The fraction of sp³-hybridized carbons (Fsp3) is 0.750. The first-order valence-corrected chi connectivity index (χ1v) is 9.89. The summed E-state index contributed by atoms with van der Waals surface area (Å²) in [5.41, 5.74) is 8.14. The molecule has 3 unspecified atom stereocenters. The zero-order valence-corrected chi connectivity index (χ0v) is 13.9. The molecule has 0 radical (unpaired) electrons. The number of fused-ring (bicyclic) bond motifs is 1. The van der Waals surface area contributed by atoms with E-state index < -0.39 is 0 Å². The summed E-state index contributed by atoms with van der Waals surface area (Å²) in [5, 5.41) is 0.